The summed E-state index contributed by atoms with van der Waals surface area (Å²) in [5.74, 6) is -0.653. The van der Waals surface area contributed by atoms with Crippen LogP contribution in [-0.4, -0.2) is 50.7 Å². The van der Waals surface area contributed by atoms with E-state index in [1.54, 1.807) is 6.92 Å². The van der Waals surface area contributed by atoms with E-state index in [1.807, 2.05) is 4.90 Å². The van der Waals surface area contributed by atoms with Gasteiger partial charge in [-0.05, 0) is 19.8 Å². The molecule has 1 aliphatic rings. The average Bonchev–Trinajstić information content (AvgIpc) is 2.89. The van der Waals surface area contributed by atoms with Crippen LogP contribution in [0, 0.1) is 6.92 Å². The van der Waals surface area contributed by atoms with Crippen LogP contribution in [0.1, 0.15) is 28.9 Å². The number of likely N-dealkylation sites (tertiary alicyclic amines) is 1. The molecule has 1 fully saturated rings. The minimum atomic E-state index is -1.04. The molecule has 1 aromatic rings. The van der Waals surface area contributed by atoms with E-state index < -0.39 is 5.97 Å². The van der Waals surface area contributed by atoms with Gasteiger partial charge in [0.15, 0.2) is 5.16 Å². The fourth-order valence-corrected chi connectivity index (χ4v) is 2.67. The lowest BCUT2D eigenvalue weighted by Gasteiger charge is -2.14. The number of hydrogen-bond donors (Lipinski definition) is 1. The summed E-state index contributed by atoms with van der Waals surface area (Å²) in [6, 6.07) is 0. The minimum Gasteiger partial charge on any atom is -0.478 e. The molecule has 7 heteroatoms. The molecule has 1 saturated heterocycles. The molecule has 0 spiro atoms. The molecule has 0 radical (unpaired) electrons. The van der Waals surface area contributed by atoms with Gasteiger partial charge in [0.2, 0.25) is 5.91 Å². The van der Waals surface area contributed by atoms with Gasteiger partial charge < -0.3 is 10.0 Å². The van der Waals surface area contributed by atoms with E-state index >= 15 is 0 Å². The third kappa shape index (κ3) is 3.44. The number of carboxylic acid groups (broad SMARTS) is 1. The Bertz CT molecular complexity index is 501. The molecule has 19 heavy (non-hydrogen) atoms. The Morgan fingerprint density at radius 2 is 2.11 bits per heavy atom. The first-order valence-corrected chi connectivity index (χ1v) is 7.04. The lowest BCUT2D eigenvalue weighted by Crippen LogP contribution is -2.29. The normalized spacial score (nSPS) is 14.7. The number of carbonyl (C=O) groups is 2. The van der Waals surface area contributed by atoms with E-state index in [-0.39, 0.29) is 11.5 Å². The van der Waals surface area contributed by atoms with Crippen molar-refractivity contribution in [3.8, 4) is 0 Å². The summed E-state index contributed by atoms with van der Waals surface area (Å²) in [7, 11) is 0. The van der Waals surface area contributed by atoms with Crippen molar-refractivity contribution >= 4 is 23.6 Å². The maximum atomic E-state index is 11.8. The molecule has 0 unspecified atom stereocenters. The lowest BCUT2D eigenvalue weighted by atomic mass is 10.2. The van der Waals surface area contributed by atoms with Crippen LogP contribution in [0.2, 0.25) is 0 Å². The summed E-state index contributed by atoms with van der Waals surface area (Å²) >= 11 is 1.24. The van der Waals surface area contributed by atoms with Crippen LogP contribution in [-0.2, 0) is 4.79 Å². The van der Waals surface area contributed by atoms with Crippen molar-refractivity contribution in [1.82, 2.24) is 14.9 Å². The summed E-state index contributed by atoms with van der Waals surface area (Å²) in [6.45, 7) is 3.28. The minimum absolute atomic E-state index is 0.0889. The molecule has 2 heterocycles. The third-order valence-corrected chi connectivity index (χ3v) is 3.82. The predicted molar refractivity (Wildman–Crippen MR) is 70.3 cm³/mol. The Morgan fingerprint density at radius 3 is 2.68 bits per heavy atom. The molecule has 0 aliphatic carbocycles. The van der Waals surface area contributed by atoms with Gasteiger partial charge in [-0.2, -0.15) is 0 Å². The molecular weight excluding hydrogens is 266 g/mol. The Balaban J connectivity index is 1.94. The van der Waals surface area contributed by atoms with E-state index in [9.17, 15) is 9.59 Å². The van der Waals surface area contributed by atoms with Gasteiger partial charge in [0, 0.05) is 19.3 Å². The zero-order valence-electron chi connectivity index (χ0n) is 10.6. The topological polar surface area (TPSA) is 83.4 Å². The molecule has 0 aromatic carbocycles. The highest BCUT2D eigenvalue weighted by Crippen LogP contribution is 2.17. The van der Waals surface area contributed by atoms with E-state index in [1.165, 1.54) is 18.0 Å². The molecule has 102 valence electrons. The Morgan fingerprint density at radius 1 is 1.42 bits per heavy atom. The van der Waals surface area contributed by atoms with Gasteiger partial charge >= 0.3 is 5.97 Å². The van der Waals surface area contributed by atoms with Gasteiger partial charge in [-0.25, -0.2) is 14.8 Å². The predicted octanol–water partition coefficient (Wildman–Crippen LogP) is 1.20. The zero-order chi connectivity index (χ0) is 13.8. The van der Waals surface area contributed by atoms with E-state index in [4.69, 9.17) is 5.11 Å². The van der Waals surface area contributed by atoms with Crippen LogP contribution in [0.15, 0.2) is 11.4 Å². The smallest absolute Gasteiger partial charge is 0.339 e. The maximum absolute atomic E-state index is 11.8. The van der Waals surface area contributed by atoms with Crippen molar-refractivity contribution in [2.75, 3.05) is 18.8 Å². The SMILES string of the molecule is Cc1nc(SCC(=O)N2CCCC2)ncc1C(=O)O. The first-order valence-electron chi connectivity index (χ1n) is 6.05. The first-order chi connectivity index (χ1) is 9.08. The molecule has 0 atom stereocenters. The van der Waals surface area contributed by atoms with Crippen LogP contribution in [0.5, 0.6) is 0 Å². The number of carbonyl (C=O) groups excluding carboxylic acids is 1. The summed E-state index contributed by atoms with van der Waals surface area (Å²) in [4.78, 5) is 32.6. The van der Waals surface area contributed by atoms with Crippen LogP contribution in [0.3, 0.4) is 0 Å². The van der Waals surface area contributed by atoms with Gasteiger partial charge in [-0.15, -0.1) is 0 Å². The van der Waals surface area contributed by atoms with Crippen molar-refractivity contribution in [2.24, 2.45) is 0 Å². The number of aromatic carboxylic acids is 1. The zero-order valence-corrected chi connectivity index (χ0v) is 11.4. The molecule has 1 aliphatic heterocycles. The molecule has 1 amide bonds. The molecular formula is C12H15N3O3S. The highest BCUT2D eigenvalue weighted by atomic mass is 32.2. The van der Waals surface area contributed by atoms with Crippen LogP contribution in [0.25, 0.3) is 0 Å². The van der Waals surface area contributed by atoms with E-state index in [2.05, 4.69) is 9.97 Å². The lowest BCUT2D eigenvalue weighted by molar-refractivity contribution is -0.127. The number of nitrogens with zero attached hydrogens (tertiary/aromatic N) is 3. The number of carboxylic acids is 1. The standard InChI is InChI=1S/C12H15N3O3S/c1-8-9(11(17)18)6-13-12(14-8)19-7-10(16)15-4-2-3-5-15/h6H,2-5,7H2,1H3,(H,17,18). The second-order valence-electron chi connectivity index (χ2n) is 4.33. The summed E-state index contributed by atoms with van der Waals surface area (Å²) in [5, 5.41) is 9.31. The summed E-state index contributed by atoms with van der Waals surface area (Å²) in [6.07, 6.45) is 3.42. The largest absolute Gasteiger partial charge is 0.478 e. The van der Waals surface area contributed by atoms with E-state index in [0.29, 0.717) is 16.6 Å². The molecule has 0 saturated carbocycles. The second kappa shape index (κ2) is 6.01. The summed E-state index contributed by atoms with van der Waals surface area (Å²) < 4.78 is 0. The van der Waals surface area contributed by atoms with Gasteiger partial charge in [0.1, 0.15) is 0 Å². The van der Waals surface area contributed by atoms with Crippen LogP contribution < -0.4 is 0 Å². The molecule has 6 nitrogen and oxygen atoms in total. The van der Waals surface area contributed by atoms with Crippen LogP contribution in [0.4, 0.5) is 0 Å². The maximum Gasteiger partial charge on any atom is 0.339 e. The number of amides is 1. The van der Waals surface area contributed by atoms with Gasteiger partial charge in [-0.3, -0.25) is 4.79 Å². The van der Waals surface area contributed by atoms with Crippen LogP contribution >= 0.6 is 11.8 Å². The third-order valence-electron chi connectivity index (χ3n) is 2.97. The average molecular weight is 281 g/mol. The second-order valence-corrected chi connectivity index (χ2v) is 5.28. The Hall–Kier alpha value is -1.63. The molecule has 2 rings (SSSR count). The molecule has 0 bridgehead atoms. The highest BCUT2D eigenvalue weighted by molar-refractivity contribution is 7.99. The molecule has 1 N–H and O–H groups in total. The van der Waals surface area contributed by atoms with Gasteiger partial charge in [0.25, 0.3) is 0 Å². The van der Waals surface area contributed by atoms with Crippen molar-refractivity contribution in [3.05, 3.63) is 17.5 Å². The van der Waals surface area contributed by atoms with Crippen molar-refractivity contribution in [2.45, 2.75) is 24.9 Å². The van der Waals surface area contributed by atoms with Crippen molar-refractivity contribution in [3.63, 3.8) is 0 Å². The first kappa shape index (κ1) is 13.8. The van der Waals surface area contributed by atoms with Crippen molar-refractivity contribution in [1.29, 1.82) is 0 Å². The number of thioether (sulfide) groups is 1. The number of aromatic nitrogens is 2. The Labute approximate surface area is 115 Å². The quantitative estimate of drug-likeness (QED) is 0.659. The van der Waals surface area contributed by atoms with Crippen molar-refractivity contribution < 1.29 is 14.7 Å². The Kier molecular flexibility index (Phi) is 4.36. The van der Waals surface area contributed by atoms with Gasteiger partial charge in [-0.1, -0.05) is 11.8 Å². The number of aryl methyl sites for hydroxylation is 1. The number of rotatable bonds is 4. The molecule has 1 aromatic heterocycles. The van der Waals surface area contributed by atoms with Gasteiger partial charge in [0.05, 0.1) is 17.0 Å². The number of hydrogen-bond acceptors (Lipinski definition) is 5. The monoisotopic (exact) mass is 281 g/mol. The fourth-order valence-electron chi connectivity index (χ4n) is 1.91. The summed E-state index contributed by atoms with van der Waals surface area (Å²) in [5.41, 5.74) is 0.508. The highest BCUT2D eigenvalue weighted by Gasteiger charge is 2.18. The fraction of sp³-hybridized carbons (Fsp3) is 0.500. The van der Waals surface area contributed by atoms with E-state index in [0.717, 1.165) is 25.9 Å².